The van der Waals surface area contributed by atoms with Crippen LogP contribution in [0.15, 0.2) is 152 Å². The van der Waals surface area contributed by atoms with Crippen LogP contribution in [-0.2, 0) is 0 Å². The van der Waals surface area contributed by atoms with Gasteiger partial charge in [-0.05, 0) is 77.4 Å². The third kappa shape index (κ3) is 4.24. The molecule has 0 fully saturated rings. The molecule has 0 saturated heterocycles. The van der Waals surface area contributed by atoms with Gasteiger partial charge in [0, 0.05) is 32.8 Å². The Balaban J connectivity index is 1.28. The molecule has 0 aliphatic rings. The van der Waals surface area contributed by atoms with Crippen LogP contribution in [-0.4, -0.2) is 9.13 Å². The fraction of sp³-hybridized carbons (Fsp3) is 0. The highest BCUT2D eigenvalue weighted by molar-refractivity contribution is 6.11. The summed E-state index contributed by atoms with van der Waals surface area (Å²) in [6.45, 7) is 0. The standard InChI is InChI=1S/C45H25N5/c46-26-29-17-24-43-39(25-29)37-12-5-8-16-42(37)50(43)45-32(28-48)19-18-31(27-47)44(45)38-13-2-1-9-34(38)30-20-22-33(23-21-30)49-40-14-6-3-10-35(40)36-11-4-7-15-41(36)49/h1-25H. The SMILES string of the molecule is N#Cc1ccc2c(c1)c1ccccc1n2-c1c(C#N)ccc(C#N)c1-c1ccccc1-c1ccc(-n2c3ccccc3c3ccccc32)cc1. The molecule has 0 aliphatic heterocycles. The number of hydrogen-bond acceptors (Lipinski definition) is 3. The summed E-state index contributed by atoms with van der Waals surface area (Å²) in [5.74, 6) is 0. The minimum Gasteiger partial charge on any atom is -0.309 e. The molecule has 9 rings (SSSR count). The molecular weight excluding hydrogens is 611 g/mol. The zero-order chi connectivity index (χ0) is 33.8. The van der Waals surface area contributed by atoms with Crippen LogP contribution in [0.25, 0.3) is 77.2 Å². The Hall–Kier alpha value is -7.39. The summed E-state index contributed by atoms with van der Waals surface area (Å²) in [6.07, 6.45) is 0. The summed E-state index contributed by atoms with van der Waals surface area (Å²) in [5, 5.41) is 35.1. The summed E-state index contributed by atoms with van der Waals surface area (Å²) >= 11 is 0. The van der Waals surface area contributed by atoms with E-state index >= 15 is 0 Å². The summed E-state index contributed by atoms with van der Waals surface area (Å²) in [4.78, 5) is 0. The van der Waals surface area contributed by atoms with Crippen LogP contribution < -0.4 is 0 Å². The maximum atomic E-state index is 10.6. The quantitative estimate of drug-likeness (QED) is 0.193. The number of para-hydroxylation sites is 3. The normalized spacial score (nSPS) is 11.1. The molecule has 50 heavy (non-hydrogen) atoms. The topological polar surface area (TPSA) is 81.2 Å². The Kier molecular flexibility index (Phi) is 6.56. The monoisotopic (exact) mass is 635 g/mol. The van der Waals surface area contributed by atoms with Crippen molar-refractivity contribution < 1.29 is 0 Å². The first-order valence-electron chi connectivity index (χ1n) is 16.3. The molecule has 0 unspecified atom stereocenters. The maximum Gasteiger partial charge on any atom is 0.101 e. The number of hydrogen-bond donors (Lipinski definition) is 0. The van der Waals surface area contributed by atoms with E-state index in [9.17, 15) is 15.8 Å². The Morgan fingerprint density at radius 1 is 0.400 bits per heavy atom. The van der Waals surface area contributed by atoms with Crippen LogP contribution >= 0.6 is 0 Å². The van der Waals surface area contributed by atoms with Crippen molar-refractivity contribution in [2.75, 3.05) is 0 Å². The molecule has 0 aliphatic carbocycles. The van der Waals surface area contributed by atoms with Gasteiger partial charge in [0.2, 0.25) is 0 Å². The van der Waals surface area contributed by atoms with Crippen LogP contribution in [0.5, 0.6) is 0 Å². The van der Waals surface area contributed by atoms with Crippen molar-refractivity contribution in [3.8, 4) is 51.8 Å². The summed E-state index contributed by atoms with van der Waals surface area (Å²) in [6, 6.07) is 57.7. The fourth-order valence-electron chi connectivity index (χ4n) is 7.51. The lowest BCUT2D eigenvalue weighted by Gasteiger charge is -2.19. The molecule has 5 heteroatoms. The second-order valence-electron chi connectivity index (χ2n) is 12.3. The second-order valence-corrected chi connectivity index (χ2v) is 12.3. The highest BCUT2D eigenvalue weighted by atomic mass is 15.0. The minimum absolute atomic E-state index is 0.447. The van der Waals surface area contributed by atoms with Gasteiger partial charge < -0.3 is 9.13 Å². The van der Waals surface area contributed by atoms with E-state index in [2.05, 4.69) is 106 Å². The van der Waals surface area contributed by atoms with Crippen molar-refractivity contribution in [2.45, 2.75) is 0 Å². The number of rotatable bonds is 4. The smallest absolute Gasteiger partial charge is 0.101 e. The lowest BCUT2D eigenvalue weighted by molar-refractivity contribution is 1.16. The van der Waals surface area contributed by atoms with E-state index in [1.54, 1.807) is 18.2 Å². The molecule has 2 heterocycles. The van der Waals surface area contributed by atoms with E-state index < -0.39 is 0 Å². The zero-order valence-electron chi connectivity index (χ0n) is 26.7. The number of nitriles is 3. The molecule has 7 aromatic carbocycles. The molecule has 9 aromatic rings. The maximum absolute atomic E-state index is 10.6. The molecule has 0 radical (unpaired) electrons. The van der Waals surface area contributed by atoms with Gasteiger partial charge in [-0.15, -0.1) is 0 Å². The van der Waals surface area contributed by atoms with Gasteiger partial charge in [0.25, 0.3) is 0 Å². The van der Waals surface area contributed by atoms with Crippen LogP contribution in [0, 0.1) is 34.0 Å². The molecule has 230 valence electrons. The number of nitrogens with zero attached hydrogens (tertiary/aromatic N) is 5. The first-order chi connectivity index (χ1) is 24.7. The summed E-state index contributed by atoms with van der Waals surface area (Å²) in [5.41, 5.74) is 10.7. The Morgan fingerprint density at radius 3 is 1.54 bits per heavy atom. The van der Waals surface area contributed by atoms with Gasteiger partial charge in [-0.2, -0.15) is 15.8 Å². The van der Waals surface area contributed by atoms with Crippen LogP contribution in [0.4, 0.5) is 0 Å². The summed E-state index contributed by atoms with van der Waals surface area (Å²) < 4.78 is 4.37. The van der Waals surface area contributed by atoms with Gasteiger partial charge >= 0.3 is 0 Å². The molecule has 0 spiro atoms. The fourth-order valence-corrected chi connectivity index (χ4v) is 7.51. The van der Waals surface area contributed by atoms with Gasteiger partial charge in [-0.25, -0.2) is 0 Å². The Morgan fingerprint density at radius 2 is 0.920 bits per heavy atom. The average molecular weight is 636 g/mol. The van der Waals surface area contributed by atoms with E-state index in [0.717, 1.165) is 55.2 Å². The van der Waals surface area contributed by atoms with Crippen molar-refractivity contribution in [2.24, 2.45) is 0 Å². The third-order valence-corrected chi connectivity index (χ3v) is 9.66. The predicted molar refractivity (Wildman–Crippen MR) is 200 cm³/mol. The van der Waals surface area contributed by atoms with Crippen molar-refractivity contribution in [1.29, 1.82) is 15.8 Å². The molecule has 0 atom stereocenters. The van der Waals surface area contributed by atoms with Gasteiger partial charge in [0.05, 0.1) is 56.6 Å². The first-order valence-corrected chi connectivity index (χ1v) is 16.3. The molecule has 5 nitrogen and oxygen atoms in total. The highest BCUT2D eigenvalue weighted by Crippen LogP contribution is 2.43. The van der Waals surface area contributed by atoms with Crippen LogP contribution in [0.3, 0.4) is 0 Å². The molecule has 2 aromatic heterocycles. The van der Waals surface area contributed by atoms with Gasteiger partial charge in [-0.1, -0.05) is 91.0 Å². The van der Waals surface area contributed by atoms with Crippen LogP contribution in [0.2, 0.25) is 0 Å². The van der Waals surface area contributed by atoms with E-state index in [1.165, 1.54) is 10.8 Å². The van der Waals surface area contributed by atoms with Gasteiger partial charge in [0.15, 0.2) is 0 Å². The van der Waals surface area contributed by atoms with Crippen LogP contribution in [0.1, 0.15) is 16.7 Å². The molecular formula is C45H25N5. The predicted octanol–water partition coefficient (Wildman–Crippen LogP) is 10.8. The van der Waals surface area contributed by atoms with Gasteiger partial charge in [-0.3, -0.25) is 0 Å². The van der Waals surface area contributed by atoms with E-state index in [-0.39, 0.29) is 0 Å². The zero-order valence-corrected chi connectivity index (χ0v) is 26.7. The van der Waals surface area contributed by atoms with E-state index in [1.807, 2.05) is 54.6 Å². The van der Waals surface area contributed by atoms with E-state index in [4.69, 9.17) is 0 Å². The Bertz CT molecular complexity index is 2900. The molecule has 0 N–H and O–H groups in total. The van der Waals surface area contributed by atoms with Crippen molar-refractivity contribution in [3.05, 3.63) is 168 Å². The number of fused-ring (bicyclic) bond motifs is 6. The lowest BCUT2D eigenvalue weighted by Crippen LogP contribution is -2.04. The van der Waals surface area contributed by atoms with Gasteiger partial charge in [0.1, 0.15) is 6.07 Å². The Labute approximate surface area is 287 Å². The van der Waals surface area contributed by atoms with Crippen molar-refractivity contribution in [1.82, 2.24) is 9.13 Å². The van der Waals surface area contributed by atoms with E-state index in [0.29, 0.717) is 27.9 Å². The lowest BCUT2D eigenvalue weighted by atomic mass is 9.89. The minimum atomic E-state index is 0.447. The second kappa shape index (κ2) is 11.4. The largest absolute Gasteiger partial charge is 0.309 e. The molecule has 0 saturated carbocycles. The summed E-state index contributed by atoms with van der Waals surface area (Å²) in [7, 11) is 0. The average Bonchev–Trinajstić information content (AvgIpc) is 3.70. The number of benzene rings is 7. The third-order valence-electron chi connectivity index (χ3n) is 9.66. The first kappa shape index (κ1) is 28.8. The molecule has 0 amide bonds. The van der Waals surface area contributed by atoms with Crippen molar-refractivity contribution in [3.63, 3.8) is 0 Å². The highest BCUT2D eigenvalue weighted by Gasteiger charge is 2.24. The number of aromatic nitrogens is 2. The molecule has 0 bridgehead atoms. The van der Waals surface area contributed by atoms with Crippen molar-refractivity contribution >= 4 is 43.6 Å².